The lowest BCUT2D eigenvalue weighted by Gasteiger charge is -2.22. The number of benzene rings is 1. The quantitative estimate of drug-likeness (QED) is 0.754. The predicted molar refractivity (Wildman–Crippen MR) is 107 cm³/mol. The van der Waals surface area contributed by atoms with Gasteiger partial charge in [-0.25, -0.2) is 0 Å². The number of hydrogen-bond acceptors (Lipinski definition) is 5. The maximum Gasteiger partial charge on any atom is 0.271 e. The molecule has 6 nitrogen and oxygen atoms in total. The zero-order valence-electron chi connectivity index (χ0n) is 16.3. The fourth-order valence-electron chi connectivity index (χ4n) is 2.62. The molecule has 1 aromatic carbocycles. The van der Waals surface area contributed by atoms with E-state index in [1.807, 2.05) is 19.9 Å². The average Bonchev–Trinajstić information content (AvgIpc) is 2.63. The van der Waals surface area contributed by atoms with Gasteiger partial charge in [-0.2, -0.15) is 0 Å². The molecule has 6 heteroatoms. The van der Waals surface area contributed by atoms with Crippen LogP contribution in [0.3, 0.4) is 0 Å². The highest BCUT2D eigenvalue weighted by atomic mass is 16.1. The Hall–Kier alpha value is -2.63. The third-order valence-electron chi connectivity index (χ3n) is 4.17. The lowest BCUT2D eigenvalue weighted by atomic mass is 10.1. The molecule has 1 amide bonds. The number of nitrogens with zero attached hydrogens (tertiary/aromatic N) is 3. The van der Waals surface area contributed by atoms with Crippen LogP contribution in [0.1, 0.15) is 43.7 Å². The molecule has 0 spiro atoms. The molecule has 0 fully saturated rings. The first-order valence-electron chi connectivity index (χ1n) is 9.19. The number of carbonyl (C=O) groups is 1. The maximum absolute atomic E-state index is 12.0. The Labute approximate surface area is 156 Å². The van der Waals surface area contributed by atoms with Crippen molar-refractivity contribution in [1.29, 1.82) is 0 Å². The summed E-state index contributed by atoms with van der Waals surface area (Å²) in [6.07, 6.45) is 0. The molecule has 0 saturated heterocycles. The SMILES string of the molecule is CCN(CC)c1ccc(Nc2ccc(C(=O)NCC(C)C)nn2)c(C)c1. The van der Waals surface area contributed by atoms with Crippen molar-refractivity contribution in [3.8, 4) is 0 Å². The van der Waals surface area contributed by atoms with Crippen LogP contribution in [0.25, 0.3) is 0 Å². The van der Waals surface area contributed by atoms with Crippen molar-refractivity contribution in [3.63, 3.8) is 0 Å². The summed E-state index contributed by atoms with van der Waals surface area (Å²) in [5.41, 5.74) is 3.65. The topological polar surface area (TPSA) is 70.2 Å². The van der Waals surface area contributed by atoms with Gasteiger partial charge in [-0.3, -0.25) is 4.79 Å². The number of nitrogens with one attached hydrogen (secondary N) is 2. The fourth-order valence-corrected chi connectivity index (χ4v) is 2.62. The van der Waals surface area contributed by atoms with Gasteiger partial charge in [-0.15, -0.1) is 10.2 Å². The van der Waals surface area contributed by atoms with Crippen molar-refractivity contribution in [2.45, 2.75) is 34.6 Å². The van der Waals surface area contributed by atoms with Gasteiger partial charge < -0.3 is 15.5 Å². The van der Waals surface area contributed by atoms with E-state index in [-0.39, 0.29) is 5.91 Å². The molecular weight excluding hydrogens is 326 g/mol. The smallest absolute Gasteiger partial charge is 0.271 e. The molecule has 0 aliphatic rings. The van der Waals surface area contributed by atoms with Gasteiger partial charge in [0.15, 0.2) is 11.5 Å². The molecule has 0 bridgehead atoms. The van der Waals surface area contributed by atoms with Crippen LogP contribution in [-0.2, 0) is 0 Å². The van der Waals surface area contributed by atoms with E-state index in [0.29, 0.717) is 24.0 Å². The lowest BCUT2D eigenvalue weighted by Crippen LogP contribution is -2.28. The first-order chi connectivity index (χ1) is 12.4. The van der Waals surface area contributed by atoms with Crippen molar-refractivity contribution >= 4 is 23.1 Å². The summed E-state index contributed by atoms with van der Waals surface area (Å²) in [7, 11) is 0. The van der Waals surface area contributed by atoms with Gasteiger partial charge in [0.2, 0.25) is 0 Å². The highest BCUT2D eigenvalue weighted by molar-refractivity contribution is 5.92. The summed E-state index contributed by atoms with van der Waals surface area (Å²) in [5.74, 6) is 0.816. The van der Waals surface area contributed by atoms with Gasteiger partial charge in [-0.1, -0.05) is 13.8 Å². The molecule has 0 saturated carbocycles. The molecule has 0 unspecified atom stereocenters. The number of hydrogen-bond donors (Lipinski definition) is 2. The number of amides is 1. The Kier molecular flexibility index (Phi) is 6.95. The highest BCUT2D eigenvalue weighted by Gasteiger charge is 2.10. The minimum atomic E-state index is -0.197. The van der Waals surface area contributed by atoms with E-state index in [9.17, 15) is 4.79 Å². The number of rotatable bonds is 8. The molecular formula is C20H29N5O. The Morgan fingerprint density at radius 2 is 1.85 bits per heavy atom. The largest absolute Gasteiger partial charge is 0.372 e. The van der Waals surface area contributed by atoms with Crippen LogP contribution in [0.2, 0.25) is 0 Å². The zero-order valence-corrected chi connectivity index (χ0v) is 16.3. The van der Waals surface area contributed by atoms with Crippen molar-refractivity contribution in [2.75, 3.05) is 29.9 Å². The summed E-state index contributed by atoms with van der Waals surface area (Å²) in [4.78, 5) is 14.3. The Morgan fingerprint density at radius 3 is 2.38 bits per heavy atom. The van der Waals surface area contributed by atoms with Crippen LogP contribution in [0, 0.1) is 12.8 Å². The number of aryl methyl sites for hydroxylation is 1. The monoisotopic (exact) mass is 355 g/mol. The van der Waals surface area contributed by atoms with Crippen molar-refractivity contribution < 1.29 is 4.79 Å². The van der Waals surface area contributed by atoms with E-state index in [2.05, 4.69) is 58.6 Å². The Balaban J connectivity index is 2.06. The number of carbonyl (C=O) groups excluding carboxylic acids is 1. The molecule has 2 rings (SSSR count). The molecule has 0 aliphatic carbocycles. The number of anilines is 3. The van der Waals surface area contributed by atoms with Crippen LogP contribution in [-0.4, -0.2) is 35.7 Å². The van der Waals surface area contributed by atoms with Gasteiger partial charge in [0.25, 0.3) is 5.91 Å². The zero-order chi connectivity index (χ0) is 19.1. The van der Waals surface area contributed by atoms with Crippen LogP contribution in [0.4, 0.5) is 17.2 Å². The molecule has 1 aromatic heterocycles. The molecule has 1 heterocycles. The molecule has 2 aromatic rings. The summed E-state index contributed by atoms with van der Waals surface area (Å²) < 4.78 is 0. The van der Waals surface area contributed by atoms with E-state index in [1.54, 1.807) is 12.1 Å². The second-order valence-corrected chi connectivity index (χ2v) is 6.70. The lowest BCUT2D eigenvalue weighted by molar-refractivity contribution is 0.0943. The second kappa shape index (κ2) is 9.17. The Morgan fingerprint density at radius 1 is 1.12 bits per heavy atom. The molecule has 0 atom stereocenters. The first kappa shape index (κ1) is 19.7. The predicted octanol–water partition coefficient (Wildman–Crippen LogP) is 3.76. The molecule has 26 heavy (non-hydrogen) atoms. The van der Waals surface area contributed by atoms with Crippen LogP contribution >= 0.6 is 0 Å². The van der Waals surface area contributed by atoms with Gasteiger partial charge in [0.1, 0.15) is 0 Å². The third-order valence-corrected chi connectivity index (χ3v) is 4.17. The van der Waals surface area contributed by atoms with Gasteiger partial charge in [-0.05, 0) is 62.6 Å². The first-order valence-corrected chi connectivity index (χ1v) is 9.19. The average molecular weight is 355 g/mol. The van der Waals surface area contributed by atoms with E-state index in [4.69, 9.17) is 0 Å². The maximum atomic E-state index is 12.0. The minimum Gasteiger partial charge on any atom is -0.372 e. The molecule has 0 aliphatic heterocycles. The Bertz CT molecular complexity index is 723. The van der Waals surface area contributed by atoms with E-state index >= 15 is 0 Å². The van der Waals surface area contributed by atoms with Crippen molar-refractivity contribution in [2.24, 2.45) is 5.92 Å². The normalized spacial score (nSPS) is 10.7. The number of aromatic nitrogens is 2. The third kappa shape index (κ3) is 5.18. The minimum absolute atomic E-state index is 0.197. The highest BCUT2D eigenvalue weighted by Crippen LogP contribution is 2.24. The summed E-state index contributed by atoms with van der Waals surface area (Å²) >= 11 is 0. The molecule has 0 radical (unpaired) electrons. The second-order valence-electron chi connectivity index (χ2n) is 6.70. The van der Waals surface area contributed by atoms with E-state index in [0.717, 1.165) is 24.3 Å². The van der Waals surface area contributed by atoms with Gasteiger partial charge in [0, 0.05) is 31.0 Å². The van der Waals surface area contributed by atoms with Crippen LogP contribution < -0.4 is 15.5 Å². The van der Waals surface area contributed by atoms with E-state index < -0.39 is 0 Å². The van der Waals surface area contributed by atoms with Gasteiger partial charge >= 0.3 is 0 Å². The van der Waals surface area contributed by atoms with E-state index in [1.165, 1.54) is 5.69 Å². The summed E-state index contributed by atoms with van der Waals surface area (Å²) in [6, 6.07) is 9.77. The van der Waals surface area contributed by atoms with Crippen LogP contribution in [0.15, 0.2) is 30.3 Å². The summed E-state index contributed by atoms with van der Waals surface area (Å²) in [6.45, 7) is 13.1. The van der Waals surface area contributed by atoms with Crippen molar-refractivity contribution in [3.05, 3.63) is 41.6 Å². The summed E-state index contributed by atoms with van der Waals surface area (Å²) in [5, 5.41) is 14.2. The van der Waals surface area contributed by atoms with Crippen LogP contribution in [0.5, 0.6) is 0 Å². The van der Waals surface area contributed by atoms with Gasteiger partial charge in [0.05, 0.1) is 0 Å². The van der Waals surface area contributed by atoms with Crippen molar-refractivity contribution in [1.82, 2.24) is 15.5 Å². The molecule has 2 N–H and O–H groups in total. The standard InChI is InChI=1S/C20H29N5O/c1-6-25(7-2)16-8-9-17(15(5)12-16)22-19-11-10-18(23-24-19)20(26)21-13-14(3)4/h8-12,14H,6-7,13H2,1-5H3,(H,21,26)(H,22,24). The molecule has 140 valence electrons. The fraction of sp³-hybridized carbons (Fsp3) is 0.450.